The predicted octanol–water partition coefficient (Wildman–Crippen LogP) is 4.70. The zero-order chi connectivity index (χ0) is 19.4. The summed E-state index contributed by atoms with van der Waals surface area (Å²) in [7, 11) is -3.51. The van der Waals surface area contributed by atoms with Crippen molar-refractivity contribution in [3.05, 3.63) is 96.1 Å². The van der Waals surface area contributed by atoms with Crippen molar-refractivity contribution in [1.29, 1.82) is 0 Å². The number of rotatable bonds is 6. The number of ether oxygens (including phenoxy) is 1. The van der Waals surface area contributed by atoms with Crippen LogP contribution in [0, 0.1) is 0 Å². The SMILES string of the molecule is O=S(=O)(c1ccccc1)N1CCSC1c1ccc(OCc2ccccc2)cc1. The molecule has 4 nitrogen and oxygen atoms in total. The van der Waals surface area contributed by atoms with Crippen LogP contribution in [0.25, 0.3) is 0 Å². The van der Waals surface area contributed by atoms with Crippen molar-refractivity contribution in [2.75, 3.05) is 12.3 Å². The number of benzene rings is 3. The predicted molar refractivity (Wildman–Crippen MR) is 113 cm³/mol. The first kappa shape index (κ1) is 19.1. The first-order valence-corrected chi connectivity index (χ1v) is 11.6. The van der Waals surface area contributed by atoms with Crippen molar-refractivity contribution in [2.45, 2.75) is 16.9 Å². The summed E-state index contributed by atoms with van der Waals surface area (Å²) in [6.07, 6.45) is 0. The van der Waals surface area contributed by atoms with Crippen molar-refractivity contribution >= 4 is 21.8 Å². The highest BCUT2D eigenvalue weighted by Crippen LogP contribution is 2.41. The van der Waals surface area contributed by atoms with Crippen molar-refractivity contribution in [1.82, 2.24) is 4.31 Å². The summed E-state index contributed by atoms with van der Waals surface area (Å²) in [6, 6.07) is 26.4. The van der Waals surface area contributed by atoms with Gasteiger partial charge in [-0.3, -0.25) is 0 Å². The molecule has 1 unspecified atom stereocenters. The molecule has 1 aliphatic rings. The maximum Gasteiger partial charge on any atom is 0.244 e. The molecule has 144 valence electrons. The van der Waals surface area contributed by atoms with Crippen LogP contribution < -0.4 is 4.74 Å². The van der Waals surface area contributed by atoms with Gasteiger partial charge < -0.3 is 4.74 Å². The fraction of sp³-hybridized carbons (Fsp3) is 0.182. The smallest absolute Gasteiger partial charge is 0.244 e. The standard InChI is InChI=1S/C22H21NO3S2/c24-28(25,21-9-5-2-6-10-21)23-15-16-27-22(23)19-11-13-20(14-12-19)26-17-18-7-3-1-4-8-18/h1-14,22H,15-17H2. The van der Waals surface area contributed by atoms with Gasteiger partial charge >= 0.3 is 0 Å². The Bertz CT molecular complexity index is 1010. The molecule has 0 bridgehead atoms. The highest BCUT2D eigenvalue weighted by atomic mass is 32.2. The molecule has 6 heteroatoms. The van der Waals surface area contributed by atoms with Crippen LogP contribution in [0.4, 0.5) is 0 Å². The number of thioether (sulfide) groups is 1. The summed E-state index contributed by atoms with van der Waals surface area (Å²) >= 11 is 1.65. The largest absolute Gasteiger partial charge is 0.489 e. The van der Waals surface area contributed by atoms with Gasteiger partial charge in [0.2, 0.25) is 10.0 Å². The van der Waals surface area contributed by atoms with E-state index in [2.05, 4.69) is 0 Å². The summed E-state index contributed by atoms with van der Waals surface area (Å²) < 4.78 is 33.5. The molecule has 3 aromatic rings. The van der Waals surface area contributed by atoms with Crippen LogP contribution in [0.1, 0.15) is 16.5 Å². The van der Waals surface area contributed by atoms with E-state index in [-0.39, 0.29) is 5.37 Å². The Morgan fingerprint density at radius 3 is 2.21 bits per heavy atom. The van der Waals surface area contributed by atoms with Gasteiger partial charge in [-0.25, -0.2) is 8.42 Å². The lowest BCUT2D eigenvalue weighted by atomic mass is 10.2. The molecule has 0 aromatic heterocycles. The summed E-state index contributed by atoms with van der Waals surface area (Å²) in [5.74, 6) is 1.55. The molecule has 28 heavy (non-hydrogen) atoms. The minimum absolute atomic E-state index is 0.214. The number of nitrogens with zero attached hydrogens (tertiary/aromatic N) is 1. The van der Waals surface area contributed by atoms with E-state index in [0.29, 0.717) is 18.0 Å². The summed E-state index contributed by atoms with van der Waals surface area (Å²) in [5.41, 5.74) is 2.08. The Hall–Kier alpha value is -2.28. The van der Waals surface area contributed by atoms with Crippen LogP contribution in [-0.4, -0.2) is 25.0 Å². The molecule has 0 amide bonds. The van der Waals surface area contributed by atoms with E-state index in [1.165, 1.54) is 0 Å². The fourth-order valence-corrected chi connectivity index (χ4v) is 6.42. The Labute approximate surface area is 170 Å². The number of hydrogen-bond donors (Lipinski definition) is 0. The second kappa shape index (κ2) is 8.39. The second-order valence-corrected chi connectivity index (χ2v) is 9.57. The first-order chi connectivity index (χ1) is 13.6. The second-order valence-electron chi connectivity index (χ2n) is 6.50. The molecule has 4 rings (SSSR count). The Morgan fingerprint density at radius 1 is 0.893 bits per heavy atom. The highest BCUT2D eigenvalue weighted by Gasteiger charge is 2.36. The fourth-order valence-electron chi connectivity index (χ4n) is 3.16. The molecule has 1 fully saturated rings. The average molecular weight is 412 g/mol. The van der Waals surface area contributed by atoms with E-state index in [1.54, 1.807) is 40.3 Å². The van der Waals surface area contributed by atoms with Gasteiger partial charge in [-0.05, 0) is 35.4 Å². The lowest BCUT2D eigenvalue weighted by Crippen LogP contribution is -2.30. The molecule has 1 atom stereocenters. The Kier molecular flexibility index (Phi) is 5.71. The van der Waals surface area contributed by atoms with Crippen molar-refractivity contribution < 1.29 is 13.2 Å². The van der Waals surface area contributed by atoms with E-state index in [0.717, 1.165) is 22.6 Å². The van der Waals surface area contributed by atoms with Gasteiger partial charge in [-0.2, -0.15) is 4.31 Å². The quantitative estimate of drug-likeness (QED) is 0.590. The van der Waals surface area contributed by atoms with E-state index < -0.39 is 10.0 Å². The zero-order valence-corrected chi connectivity index (χ0v) is 16.9. The third-order valence-electron chi connectivity index (χ3n) is 4.61. The maximum atomic E-state index is 13.0. The molecule has 1 aliphatic heterocycles. The van der Waals surface area contributed by atoms with Gasteiger partial charge in [-0.15, -0.1) is 11.8 Å². The summed E-state index contributed by atoms with van der Waals surface area (Å²) in [5, 5.41) is -0.214. The van der Waals surface area contributed by atoms with E-state index in [4.69, 9.17) is 4.74 Å². The van der Waals surface area contributed by atoms with Crippen LogP contribution in [0.2, 0.25) is 0 Å². The van der Waals surface area contributed by atoms with E-state index in [1.807, 2.05) is 60.7 Å². The normalized spacial score (nSPS) is 17.5. The third kappa shape index (κ3) is 4.09. The van der Waals surface area contributed by atoms with Gasteiger partial charge in [0.1, 0.15) is 12.4 Å². The first-order valence-electron chi connectivity index (χ1n) is 9.10. The Morgan fingerprint density at radius 2 is 1.54 bits per heavy atom. The average Bonchev–Trinajstić information content (AvgIpc) is 3.25. The van der Waals surface area contributed by atoms with Crippen LogP contribution >= 0.6 is 11.8 Å². The lowest BCUT2D eigenvalue weighted by Gasteiger charge is -2.23. The van der Waals surface area contributed by atoms with Crippen molar-refractivity contribution in [3.8, 4) is 5.75 Å². The minimum atomic E-state index is -3.51. The van der Waals surface area contributed by atoms with Crippen molar-refractivity contribution in [2.24, 2.45) is 0 Å². The van der Waals surface area contributed by atoms with E-state index >= 15 is 0 Å². The lowest BCUT2D eigenvalue weighted by molar-refractivity contribution is 0.306. The van der Waals surface area contributed by atoms with Crippen LogP contribution in [-0.2, 0) is 16.6 Å². The summed E-state index contributed by atoms with van der Waals surface area (Å²) in [6.45, 7) is 1.02. The molecular weight excluding hydrogens is 390 g/mol. The minimum Gasteiger partial charge on any atom is -0.489 e. The summed E-state index contributed by atoms with van der Waals surface area (Å²) in [4.78, 5) is 0.338. The van der Waals surface area contributed by atoms with Gasteiger partial charge in [0, 0.05) is 12.3 Å². The molecule has 0 radical (unpaired) electrons. The molecular formula is C22H21NO3S2. The van der Waals surface area contributed by atoms with Gasteiger partial charge in [-0.1, -0.05) is 60.7 Å². The molecule has 1 saturated heterocycles. The van der Waals surface area contributed by atoms with Crippen LogP contribution in [0.15, 0.2) is 89.8 Å². The Balaban J connectivity index is 1.49. The van der Waals surface area contributed by atoms with E-state index in [9.17, 15) is 8.42 Å². The molecule has 1 heterocycles. The van der Waals surface area contributed by atoms with Gasteiger partial charge in [0.05, 0.1) is 10.3 Å². The molecule has 0 spiro atoms. The maximum absolute atomic E-state index is 13.0. The highest BCUT2D eigenvalue weighted by molar-refractivity contribution is 8.01. The zero-order valence-electron chi connectivity index (χ0n) is 15.3. The molecule has 0 saturated carbocycles. The molecule has 0 aliphatic carbocycles. The van der Waals surface area contributed by atoms with Gasteiger partial charge in [0.25, 0.3) is 0 Å². The topological polar surface area (TPSA) is 46.6 Å². The third-order valence-corrected chi connectivity index (χ3v) is 7.89. The van der Waals surface area contributed by atoms with Crippen LogP contribution in [0.5, 0.6) is 5.75 Å². The molecule has 3 aromatic carbocycles. The van der Waals surface area contributed by atoms with Gasteiger partial charge in [0.15, 0.2) is 0 Å². The number of sulfonamides is 1. The number of hydrogen-bond acceptors (Lipinski definition) is 4. The monoisotopic (exact) mass is 411 g/mol. The van der Waals surface area contributed by atoms with Crippen LogP contribution in [0.3, 0.4) is 0 Å². The van der Waals surface area contributed by atoms with Crippen molar-refractivity contribution in [3.63, 3.8) is 0 Å². The molecule has 0 N–H and O–H groups in total.